The molecule has 1 heterocycles. The molecule has 9 heteroatoms. The van der Waals surface area contributed by atoms with E-state index in [0.717, 1.165) is 17.3 Å². The monoisotopic (exact) mass is 424 g/mol. The SMILES string of the molecule is COc1ccccc1C=NN=C1NC(=O)C(CC(=O)Nc2cccc(C(C)=O)c2)S1. The third-order valence-electron chi connectivity index (χ3n) is 4.18. The molecule has 1 fully saturated rings. The predicted molar refractivity (Wildman–Crippen MR) is 117 cm³/mol. The number of benzene rings is 2. The molecule has 3 rings (SSSR count). The smallest absolute Gasteiger partial charge is 0.240 e. The number of methoxy groups -OCH3 is 1. The number of ether oxygens (including phenoxy) is 1. The van der Waals surface area contributed by atoms with Gasteiger partial charge in [0.15, 0.2) is 11.0 Å². The molecule has 0 spiro atoms. The van der Waals surface area contributed by atoms with Gasteiger partial charge in [0.05, 0.1) is 13.3 Å². The first-order valence-corrected chi connectivity index (χ1v) is 9.96. The molecule has 1 atom stereocenters. The van der Waals surface area contributed by atoms with Crippen LogP contribution in [0.3, 0.4) is 0 Å². The zero-order valence-electron chi connectivity index (χ0n) is 16.4. The van der Waals surface area contributed by atoms with E-state index in [1.165, 1.54) is 13.1 Å². The molecule has 0 radical (unpaired) electrons. The van der Waals surface area contributed by atoms with E-state index in [1.807, 2.05) is 18.2 Å². The van der Waals surface area contributed by atoms with Crippen molar-refractivity contribution < 1.29 is 19.1 Å². The number of thioether (sulfide) groups is 1. The van der Waals surface area contributed by atoms with Crippen molar-refractivity contribution in [1.29, 1.82) is 0 Å². The number of nitrogens with one attached hydrogen (secondary N) is 2. The Bertz CT molecular complexity index is 1040. The van der Waals surface area contributed by atoms with Gasteiger partial charge in [-0.2, -0.15) is 5.10 Å². The van der Waals surface area contributed by atoms with Crippen LogP contribution in [-0.2, 0) is 9.59 Å². The Balaban J connectivity index is 1.58. The van der Waals surface area contributed by atoms with Crippen molar-refractivity contribution in [2.45, 2.75) is 18.6 Å². The molecular weight excluding hydrogens is 404 g/mol. The summed E-state index contributed by atoms with van der Waals surface area (Å²) >= 11 is 1.14. The van der Waals surface area contributed by atoms with Crippen molar-refractivity contribution in [1.82, 2.24) is 5.32 Å². The lowest BCUT2D eigenvalue weighted by Crippen LogP contribution is -2.28. The standard InChI is InChI=1S/C21H20N4O4S/c1-13(26)14-7-5-8-16(10-14)23-19(27)11-18-20(28)24-21(30-18)25-22-12-15-6-3-4-9-17(15)29-2/h3-10,12,18H,11H2,1-2H3,(H,23,27)(H,24,25,28). The highest BCUT2D eigenvalue weighted by Gasteiger charge is 2.32. The second kappa shape index (κ2) is 9.84. The Hall–Kier alpha value is -3.46. The van der Waals surface area contributed by atoms with E-state index >= 15 is 0 Å². The Morgan fingerprint density at radius 1 is 1.23 bits per heavy atom. The van der Waals surface area contributed by atoms with E-state index in [9.17, 15) is 14.4 Å². The fraction of sp³-hybridized carbons (Fsp3) is 0.190. The summed E-state index contributed by atoms with van der Waals surface area (Å²) in [7, 11) is 1.57. The van der Waals surface area contributed by atoms with Crippen molar-refractivity contribution in [3.8, 4) is 5.75 Å². The second-order valence-electron chi connectivity index (χ2n) is 6.38. The average Bonchev–Trinajstić information content (AvgIpc) is 3.07. The van der Waals surface area contributed by atoms with E-state index in [0.29, 0.717) is 22.2 Å². The van der Waals surface area contributed by atoms with E-state index < -0.39 is 5.25 Å². The minimum absolute atomic E-state index is 0.0317. The first-order valence-electron chi connectivity index (χ1n) is 9.08. The summed E-state index contributed by atoms with van der Waals surface area (Å²) in [6.45, 7) is 1.46. The third kappa shape index (κ3) is 5.54. The van der Waals surface area contributed by atoms with Gasteiger partial charge in [0.1, 0.15) is 11.0 Å². The molecule has 0 saturated carbocycles. The molecule has 1 unspecified atom stereocenters. The van der Waals surface area contributed by atoms with Gasteiger partial charge in [0.2, 0.25) is 11.8 Å². The Labute approximate surface area is 177 Å². The van der Waals surface area contributed by atoms with Gasteiger partial charge in [0.25, 0.3) is 0 Å². The van der Waals surface area contributed by atoms with Gasteiger partial charge < -0.3 is 15.4 Å². The first kappa shape index (κ1) is 21.3. The van der Waals surface area contributed by atoms with E-state index in [2.05, 4.69) is 20.8 Å². The van der Waals surface area contributed by atoms with Crippen molar-refractivity contribution in [3.63, 3.8) is 0 Å². The molecule has 154 valence electrons. The molecule has 30 heavy (non-hydrogen) atoms. The molecule has 2 N–H and O–H groups in total. The largest absolute Gasteiger partial charge is 0.496 e. The molecule has 0 aliphatic carbocycles. The second-order valence-corrected chi connectivity index (χ2v) is 7.57. The number of Topliss-reactive ketones (excluding diaryl/α,β-unsaturated/α-hetero) is 1. The number of rotatable bonds is 7. The number of nitrogens with zero attached hydrogens (tertiary/aromatic N) is 2. The molecule has 8 nitrogen and oxygen atoms in total. The third-order valence-corrected chi connectivity index (χ3v) is 5.26. The molecule has 2 aromatic carbocycles. The number of ketones is 1. The zero-order chi connectivity index (χ0) is 21.5. The highest BCUT2D eigenvalue weighted by atomic mass is 32.2. The average molecular weight is 424 g/mol. The summed E-state index contributed by atoms with van der Waals surface area (Å²) in [5.74, 6) is -0.0692. The maximum absolute atomic E-state index is 12.3. The van der Waals surface area contributed by atoms with Crippen LogP contribution in [0.1, 0.15) is 29.3 Å². The number of carbonyl (C=O) groups is 3. The molecule has 1 saturated heterocycles. The van der Waals surface area contributed by atoms with Crippen LogP contribution in [0.5, 0.6) is 5.75 Å². The number of para-hydroxylation sites is 1. The molecule has 1 aliphatic rings. The Morgan fingerprint density at radius 2 is 2.03 bits per heavy atom. The van der Waals surface area contributed by atoms with Gasteiger partial charge >= 0.3 is 0 Å². The van der Waals surface area contributed by atoms with Gasteiger partial charge in [0, 0.05) is 23.2 Å². The quantitative estimate of drug-likeness (QED) is 0.404. The van der Waals surface area contributed by atoms with Crippen LogP contribution in [0.2, 0.25) is 0 Å². The number of carbonyl (C=O) groups excluding carboxylic acids is 3. The normalized spacial score (nSPS) is 17.2. The van der Waals surface area contributed by atoms with E-state index in [-0.39, 0.29) is 24.0 Å². The van der Waals surface area contributed by atoms with Crippen LogP contribution in [0.4, 0.5) is 5.69 Å². The summed E-state index contributed by atoms with van der Waals surface area (Å²) in [5, 5.41) is 13.0. The molecule has 1 aliphatic heterocycles. The van der Waals surface area contributed by atoms with Crippen LogP contribution in [0.15, 0.2) is 58.7 Å². The van der Waals surface area contributed by atoms with Crippen molar-refractivity contribution in [2.24, 2.45) is 10.2 Å². The lowest BCUT2D eigenvalue weighted by Gasteiger charge is -2.08. The summed E-state index contributed by atoms with van der Waals surface area (Å²) in [4.78, 5) is 35.9. The summed E-state index contributed by atoms with van der Waals surface area (Å²) in [5.41, 5.74) is 1.76. The first-order chi connectivity index (χ1) is 14.5. The summed E-state index contributed by atoms with van der Waals surface area (Å²) in [6, 6.07) is 14.0. The minimum Gasteiger partial charge on any atom is -0.496 e. The highest BCUT2D eigenvalue weighted by molar-refractivity contribution is 8.15. The lowest BCUT2D eigenvalue weighted by molar-refractivity contribution is -0.122. The Morgan fingerprint density at radius 3 is 2.80 bits per heavy atom. The Kier molecular flexibility index (Phi) is 6.97. The zero-order valence-corrected chi connectivity index (χ0v) is 17.2. The number of anilines is 1. The van der Waals surface area contributed by atoms with Gasteiger partial charge in [-0.15, -0.1) is 5.10 Å². The minimum atomic E-state index is -0.610. The van der Waals surface area contributed by atoms with Crippen molar-refractivity contribution >= 4 is 46.4 Å². The predicted octanol–water partition coefficient (Wildman–Crippen LogP) is 2.85. The van der Waals surface area contributed by atoms with Crippen molar-refractivity contribution in [3.05, 3.63) is 59.7 Å². The highest BCUT2D eigenvalue weighted by Crippen LogP contribution is 2.23. The number of hydrogen-bond acceptors (Lipinski definition) is 7. The number of amidine groups is 1. The van der Waals surface area contributed by atoms with Crippen LogP contribution in [-0.4, -0.2) is 41.3 Å². The van der Waals surface area contributed by atoms with Crippen LogP contribution in [0.25, 0.3) is 0 Å². The van der Waals surface area contributed by atoms with Gasteiger partial charge in [-0.25, -0.2) is 0 Å². The number of amides is 2. The topological polar surface area (TPSA) is 109 Å². The van der Waals surface area contributed by atoms with E-state index in [4.69, 9.17) is 4.74 Å². The molecular formula is C21H20N4O4S. The molecule has 0 aromatic heterocycles. The van der Waals surface area contributed by atoms with Crippen LogP contribution in [0, 0.1) is 0 Å². The molecule has 2 aromatic rings. The number of hydrogen-bond donors (Lipinski definition) is 2. The molecule has 2 amide bonds. The lowest BCUT2D eigenvalue weighted by atomic mass is 10.1. The maximum Gasteiger partial charge on any atom is 0.240 e. The van der Waals surface area contributed by atoms with Crippen molar-refractivity contribution in [2.75, 3.05) is 12.4 Å². The van der Waals surface area contributed by atoms with Gasteiger partial charge in [-0.3, -0.25) is 14.4 Å². The fourth-order valence-electron chi connectivity index (χ4n) is 2.70. The van der Waals surface area contributed by atoms with E-state index in [1.54, 1.807) is 37.4 Å². The van der Waals surface area contributed by atoms with Crippen LogP contribution >= 0.6 is 11.8 Å². The summed E-state index contributed by atoms with van der Waals surface area (Å²) in [6.07, 6.45) is 1.50. The van der Waals surface area contributed by atoms with Gasteiger partial charge in [-0.05, 0) is 31.2 Å². The van der Waals surface area contributed by atoms with Gasteiger partial charge in [-0.1, -0.05) is 36.0 Å². The maximum atomic E-state index is 12.3. The molecule has 0 bridgehead atoms. The fourth-order valence-corrected chi connectivity index (χ4v) is 3.62. The summed E-state index contributed by atoms with van der Waals surface area (Å²) < 4.78 is 5.24. The van der Waals surface area contributed by atoms with Crippen LogP contribution < -0.4 is 15.4 Å².